The van der Waals surface area contributed by atoms with Gasteiger partial charge in [-0.2, -0.15) is 0 Å². The van der Waals surface area contributed by atoms with E-state index in [0.717, 1.165) is 42.3 Å². The Morgan fingerprint density at radius 2 is 1.96 bits per heavy atom. The maximum absolute atomic E-state index is 13.2. The van der Waals surface area contributed by atoms with Crippen LogP contribution in [0, 0.1) is 5.82 Å². The predicted molar refractivity (Wildman–Crippen MR) is 102 cm³/mol. The molecule has 2 heterocycles. The quantitative estimate of drug-likeness (QED) is 0.707. The van der Waals surface area contributed by atoms with Crippen molar-refractivity contribution in [2.24, 2.45) is 7.05 Å². The fourth-order valence-electron chi connectivity index (χ4n) is 4.03. The van der Waals surface area contributed by atoms with Crippen LogP contribution in [0.1, 0.15) is 42.1 Å². The molecule has 1 saturated heterocycles. The number of hydrogen-bond donors (Lipinski definition) is 0. The monoisotopic (exact) mass is 366 g/mol. The molecular weight excluding hydrogens is 343 g/mol. The van der Waals surface area contributed by atoms with Gasteiger partial charge in [0, 0.05) is 24.7 Å². The van der Waals surface area contributed by atoms with E-state index in [2.05, 4.69) is 17.2 Å². The molecule has 1 fully saturated rings. The molecule has 0 unspecified atom stereocenters. The molecule has 27 heavy (non-hydrogen) atoms. The number of aryl methyl sites for hydroxylation is 2. The Balaban J connectivity index is 1.51. The molecule has 1 aromatic heterocycles. The first-order valence-corrected chi connectivity index (χ1v) is 9.39. The molecule has 2 aromatic carbocycles. The summed E-state index contributed by atoms with van der Waals surface area (Å²) in [4.78, 5) is 15.2. The Morgan fingerprint density at radius 3 is 2.74 bits per heavy atom. The van der Waals surface area contributed by atoms with Gasteiger partial charge in [-0.25, -0.2) is 9.07 Å². The van der Waals surface area contributed by atoms with Crippen LogP contribution < -0.4 is 0 Å². The van der Waals surface area contributed by atoms with Gasteiger partial charge in [-0.05, 0) is 68.5 Å². The maximum Gasteiger partial charge on any atom is 0.254 e. The van der Waals surface area contributed by atoms with E-state index in [9.17, 15) is 9.18 Å². The summed E-state index contributed by atoms with van der Waals surface area (Å²) in [6, 6.07) is 12.6. The van der Waals surface area contributed by atoms with E-state index in [4.69, 9.17) is 0 Å². The molecule has 5 nitrogen and oxygen atoms in total. The standard InChI is InChI=1S/C21H23FN4O/c1-14-3-10-18(11-6-15-4-8-17(22)9-5-15)26(14)21(27)16-7-12-20-19(13-16)23-24-25(20)2/h4-5,7-9,12-14,18H,3,6,10-11H2,1-2H3/t14-,18-/m1/s1. The third-order valence-electron chi connectivity index (χ3n) is 5.56. The Labute approximate surface area is 157 Å². The first-order chi connectivity index (χ1) is 13.0. The van der Waals surface area contributed by atoms with Gasteiger partial charge < -0.3 is 4.90 Å². The number of hydrogen-bond acceptors (Lipinski definition) is 3. The lowest BCUT2D eigenvalue weighted by Gasteiger charge is -2.29. The molecule has 0 saturated carbocycles. The van der Waals surface area contributed by atoms with Gasteiger partial charge in [0.1, 0.15) is 11.3 Å². The van der Waals surface area contributed by atoms with Crippen LogP contribution in [0.25, 0.3) is 11.0 Å². The summed E-state index contributed by atoms with van der Waals surface area (Å²) in [6.45, 7) is 2.11. The van der Waals surface area contributed by atoms with E-state index in [1.165, 1.54) is 12.1 Å². The number of carbonyl (C=O) groups excluding carboxylic acids is 1. The minimum atomic E-state index is -0.218. The minimum Gasteiger partial charge on any atom is -0.333 e. The van der Waals surface area contributed by atoms with Crippen molar-refractivity contribution in [1.82, 2.24) is 19.9 Å². The van der Waals surface area contributed by atoms with E-state index in [0.29, 0.717) is 5.56 Å². The highest BCUT2D eigenvalue weighted by Gasteiger charge is 2.34. The number of amides is 1. The van der Waals surface area contributed by atoms with Crippen LogP contribution in [0.4, 0.5) is 4.39 Å². The van der Waals surface area contributed by atoms with Gasteiger partial charge in [-0.1, -0.05) is 17.3 Å². The van der Waals surface area contributed by atoms with Crippen molar-refractivity contribution in [3.63, 3.8) is 0 Å². The fraction of sp³-hybridized carbons (Fsp3) is 0.381. The highest BCUT2D eigenvalue weighted by atomic mass is 19.1. The summed E-state index contributed by atoms with van der Waals surface area (Å²) < 4.78 is 14.8. The Hall–Kier alpha value is -2.76. The third-order valence-corrected chi connectivity index (χ3v) is 5.56. The number of rotatable bonds is 4. The summed E-state index contributed by atoms with van der Waals surface area (Å²) >= 11 is 0. The molecule has 0 aliphatic carbocycles. The van der Waals surface area contributed by atoms with E-state index in [-0.39, 0.29) is 23.8 Å². The summed E-state index contributed by atoms with van der Waals surface area (Å²) in [5.41, 5.74) is 3.40. The Kier molecular flexibility index (Phi) is 4.64. The lowest BCUT2D eigenvalue weighted by atomic mass is 10.0. The number of likely N-dealkylation sites (tertiary alicyclic amines) is 1. The van der Waals surface area contributed by atoms with Crippen LogP contribution in [0.3, 0.4) is 0 Å². The highest BCUT2D eigenvalue weighted by Crippen LogP contribution is 2.29. The first kappa shape index (κ1) is 17.6. The zero-order valence-corrected chi connectivity index (χ0v) is 15.6. The van der Waals surface area contributed by atoms with Gasteiger partial charge in [-0.15, -0.1) is 5.10 Å². The third kappa shape index (κ3) is 3.44. The number of halogens is 1. The highest BCUT2D eigenvalue weighted by molar-refractivity contribution is 5.97. The zero-order valence-electron chi connectivity index (χ0n) is 15.6. The van der Waals surface area contributed by atoms with Crippen LogP contribution >= 0.6 is 0 Å². The van der Waals surface area contributed by atoms with Crippen LogP contribution in [-0.2, 0) is 13.5 Å². The topological polar surface area (TPSA) is 51.0 Å². The van der Waals surface area contributed by atoms with E-state index in [1.54, 1.807) is 4.68 Å². The number of aromatic nitrogens is 3. The lowest BCUT2D eigenvalue weighted by molar-refractivity contribution is 0.0673. The van der Waals surface area contributed by atoms with E-state index >= 15 is 0 Å². The Bertz CT molecular complexity index is 966. The first-order valence-electron chi connectivity index (χ1n) is 9.39. The van der Waals surface area contributed by atoms with Gasteiger partial charge in [0.25, 0.3) is 5.91 Å². The normalized spacial score (nSPS) is 19.7. The summed E-state index contributed by atoms with van der Waals surface area (Å²) in [6.07, 6.45) is 3.73. The van der Waals surface area contributed by atoms with Crippen LogP contribution in [0.15, 0.2) is 42.5 Å². The SMILES string of the molecule is C[C@@H]1CC[C@H](CCc2ccc(F)cc2)N1C(=O)c1ccc2c(c1)nnn2C. The van der Waals surface area contributed by atoms with Crippen molar-refractivity contribution in [3.8, 4) is 0 Å². The van der Waals surface area contributed by atoms with Gasteiger partial charge in [-0.3, -0.25) is 4.79 Å². The molecular formula is C21H23FN4O. The molecule has 3 aromatic rings. The van der Waals surface area contributed by atoms with Gasteiger partial charge in [0.05, 0.1) is 5.52 Å². The number of fused-ring (bicyclic) bond motifs is 1. The summed E-state index contributed by atoms with van der Waals surface area (Å²) in [5.74, 6) is -0.166. The van der Waals surface area contributed by atoms with E-state index in [1.807, 2.05) is 42.3 Å². The molecule has 1 aliphatic heterocycles. The predicted octanol–water partition coefficient (Wildman–Crippen LogP) is 3.73. The maximum atomic E-state index is 13.2. The zero-order chi connectivity index (χ0) is 19.0. The van der Waals surface area contributed by atoms with Crippen LogP contribution in [-0.4, -0.2) is 37.9 Å². The average Bonchev–Trinajstić information content (AvgIpc) is 3.23. The summed E-state index contributed by atoms with van der Waals surface area (Å²) in [7, 11) is 1.84. The average molecular weight is 366 g/mol. The van der Waals surface area contributed by atoms with E-state index < -0.39 is 0 Å². The number of carbonyl (C=O) groups is 1. The molecule has 0 spiro atoms. The minimum absolute atomic E-state index is 0.0525. The van der Waals surface area contributed by atoms with Crippen LogP contribution in [0.5, 0.6) is 0 Å². The molecule has 6 heteroatoms. The van der Waals surface area contributed by atoms with Crippen molar-refractivity contribution in [3.05, 3.63) is 59.4 Å². The molecule has 1 amide bonds. The molecule has 0 radical (unpaired) electrons. The van der Waals surface area contributed by atoms with Crippen molar-refractivity contribution in [1.29, 1.82) is 0 Å². The summed E-state index contributed by atoms with van der Waals surface area (Å²) in [5, 5.41) is 8.13. The lowest BCUT2D eigenvalue weighted by Crippen LogP contribution is -2.40. The fourth-order valence-corrected chi connectivity index (χ4v) is 4.03. The van der Waals surface area contributed by atoms with Gasteiger partial charge in [0.2, 0.25) is 0 Å². The second-order valence-electron chi connectivity index (χ2n) is 7.37. The van der Waals surface area contributed by atoms with Crippen molar-refractivity contribution >= 4 is 16.9 Å². The second kappa shape index (κ2) is 7.10. The molecule has 0 bridgehead atoms. The van der Waals surface area contributed by atoms with Crippen molar-refractivity contribution in [2.75, 3.05) is 0 Å². The Morgan fingerprint density at radius 1 is 1.19 bits per heavy atom. The molecule has 2 atom stereocenters. The van der Waals surface area contributed by atoms with Gasteiger partial charge in [0.15, 0.2) is 0 Å². The largest absolute Gasteiger partial charge is 0.333 e. The molecule has 140 valence electrons. The smallest absolute Gasteiger partial charge is 0.254 e. The number of benzene rings is 2. The molecule has 1 aliphatic rings. The van der Waals surface area contributed by atoms with Crippen LogP contribution in [0.2, 0.25) is 0 Å². The van der Waals surface area contributed by atoms with Crippen molar-refractivity contribution < 1.29 is 9.18 Å². The van der Waals surface area contributed by atoms with Crippen molar-refractivity contribution in [2.45, 2.75) is 44.7 Å². The molecule has 4 rings (SSSR count). The molecule has 0 N–H and O–H groups in total. The van der Waals surface area contributed by atoms with Gasteiger partial charge >= 0.3 is 0 Å². The second-order valence-corrected chi connectivity index (χ2v) is 7.37. The number of nitrogens with zero attached hydrogens (tertiary/aromatic N) is 4.